The summed E-state index contributed by atoms with van der Waals surface area (Å²) in [6.07, 6.45) is 4.41. The van der Waals surface area contributed by atoms with Crippen LogP contribution in [-0.4, -0.2) is 36.6 Å². The minimum absolute atomic E-state index is 0.646. The molecule has 76 valence electrons. The molecule has 1 aliphatic rings. The second-order valence-corrected chi connectivity index (χ2v) is 4.16. The summed E-state index contributed by atoms with van der Waals surface area (Å²) < 4.78 is 0. The van der Waals surface area contributed by atoms with Crippen LogP contribution in [0.3, 0.4) is 0 Å². The van der Waals surface area contributed by atoms with Crippen LogP contribution in [0.15, 0.2) is 12.7 Å². The zero-order chi connectivity index (χ0) is 9.68. The number of hydrogen-bond acceptors (Lipinski definition) is 2. The number of unbranched alkanes of at least 4 members (excludes halogenated alkanes) is 1. The number of rotatable bonds is 4. The monoisotopic (exact) mass is 182 g/mol. The van der Waals surface area contributed by atoms with E-state index >= 15 is 0 Å². The van der Waals surface area contributed by atoms with E-state index in [0.717, 1.165) is 6.42 Å². The van der Waals surface area contributed by atoms with E-state index in [0.29, 0.717) is 12.1 Å². The molecule has 0 aromatic heterocycles. The summed E-state index contributed by atoms with van der Waals surface area (Å²) in [5.41, 5.74) is 0. The Morgan fingerprint density at radius 2 is 2.00 bits per heavy atom. The van der Waals surface area contributed by atoms with Crippen molar-refractivity contribution < 1.29 is 0 Å². The first kappa shape index (κ1) is 10.7. The zero-order valence-electron chi connectivity index (χ0n) is 8.92. The Morgan fingerprint density at radius 1 is 1.38 bits per heavy atom. The molecule has 0 amide bonds. The molecule has 2 nitrogen and oxygen atoms in total. The van der Waals surface area contributed by atoms with E-state index in [1.54, 1.807) is 0 Å². The number of nitrogens with zero attached hydrogens (tertiary/aromatic N) is 1. The van der Waals surface area contributed by atoms with Gasteiger partial charge in [-0.05, 0) is 33.2 Å². The molecular formula is C11H22N2. The van der Waals surface area contributed by atoms with Crippen molar-refractivity contribution in [2.75, 3.05) is 19.6 Å². The van der Waals surface area contributed by atoms with Gasteiger partial charge in [0.25, 0.3) is 0 Å². The Kier molecular flexibility index (Phi) is 4.46. The number of nitrogens with one attached hydrogen (secondary N) is 1. The molecule has 0 aromatic carbocycles. The van der Waals surface area contributed by atoms with Crippen molar-refractivity contribution in [2.45, 2.75) is 38.8 Å². The average Bonchev–Trinajstić information content (AvgIpc) is 2.03. The fourth-order valence-corrected chi connectivity index (χ4v) is 2.08. The van der Waals surface area contributed by atoms with Crippen LogP contribution in [0.4, 0.5) is 0 Å². The van der Waals surface area contributed by atoms with Crippen LogP contribution in [0.1, 0.15) is 26.7 Å². The van der Waals surface area contributed by atoms with E-state index in [-0.39, 0.29) is 0 Å². The molecule has 0 radical (unpaired) electrons. The SMILES string of the molecule is C=CCCCN1CC(C)NC(C)C1. The molecule has 0 bridgehead atoms. The summed E-state index contributed by atoms with van der Waals surface area (Å²) in [5.74, 6) is 0. The molecule has 0 aromatic rings. The maximum Gasteiger partial charge on any atom is 0.0169 e. The van der Waals surface area contributed by atoms with Crippen LogP contribution in [0.2, 0.25) is 0 Å². The predicted molar refractivity (Wildman–Crippen MR) is 57.9 cm³/mol. The second kappa shape index (κ2) is 5.40. The summed E-state index contributed by atoms with van der Waals surface area (Å²) >= 11 is 0. The van der Waals surface area contributed by atoms with Crippen LogP contribution in [0.5, 0.6) is 0 Å². The molecule has 1 aliphatic heterocycles. The maximum atomic E-state index is 3.74. The Balaban J connectivity index is 2.20. The standard InChI is InChI=1S/C11H22N2/c1-4-5-6-7-13-8-10(2)12-11(3)9-13/h4,10-12H,1,5-9H2,2-3H3. The highest BCUT2D eigenvalue weighted by Crippen LogP contribution is 2.05. The Labute approximate surface area is 82.0 Å². The quantitative estimate of drug-likeness (QED) is 0.525. The van der Waals surface area contributed by atoms with E-state index in [4.69, 9.17) is 0 Å². The third-order valence-corrected chi connectivity index (χ3v) is 2.52. The number of piperazine rings is 1. The summed E-state index contributed by atoms with van der Waals surface area (Å²) in [6.45, 7) is 11.9. The number of hydrogen-bond donors (Lipinski definition) is 1. The number of allylic oxidation sites excluding steroid dienone is 1. The average molecular weight is 182 g/mol. The molecule has 13 heavy (non-hydrogen) atoms. The van der Waals surface area contributed by atoms with Gasteiger partial charge >= 0.3 is 0 Å². The van der Waals surface area contributed by atoms with Gasteiger partial charge in [0.1, 0.15) is 0 Å². The molecular weight excluding hydrogens is 160 g/mol. The molecule has 1 saturated heterocycles. The summed E-state index contributed by atoms with van der Waals surface area (Å²) in [5, 5.41) is 3.54. The summed E-state index contributed by atoms with van der Waals surface area (Å²) in [6, 6.07) is 1.29. The molecule has 0 aliphatic carbocycles. The van der Waals surface area contributed by atoms with Crippen molar-refractivity contribution in [2.24, 2.45) is 0 Å². The molecule has 1 rings (SSSR count). The van der Waals surface area contributed by atoms with Gasteiger partial charge in [0.2, 0.25) is 0 Å². The highest BCUT2D eigenvalue weighted by atomic mass is 15.2. The van der Waals surface area contributed by atoms with Gasteiger partial charge in [0.15, 0.2) is 0 Å². The first-order valence-corrected chi connectivity index (χ1v) is 5.31. The van der Waals surface area contributed by atoms with Crippen molar-refractivity contribution in [1.82, 2.24) is 10.2 Å². The predicted octanol–water partition coefficient (Wildman–Crippen LogP) is 1.63. The lowest BCUT2D eigenvalue weighted by Gasteiger charge is -2.36. The van der Waals surface area contributed by atoms with E-state index in [1.165, 1.54) is 26.1 Å². The van der Waals surface area contributed by atoms with Crippen LogP contribution in [0, 0.1) is 0 Å². The van der Waals surface area contributed by atoms with Crippen molar-refractivity contribution in [3.05, 3.63) is 12.7 Å². The zero-order valence-corrected chi connectivity index (χ0v) is 8.92. The van der Waals surface area contributed by atoms with Gasteiger partial charge in [0.05, 0.1) is 0 Å². The van der Waals surface area contributed by atoms with Gasteiger partial charge in [-0.25, -0.2) is 0 Å². The third kappa shape index (κ3) is 3.92. The largest absolute Gasteiger partial charge is 0.309 e. The van der Waals surface area contributed by atoms with Gasteiger partial charge in [0, 0.05) is 25.2 Å². The molecule has 0 spiro atoms. The summed E-state index contributed by atoms with van der Waals surface area (Å²) in [7, 11) is 0. The molecule has 1 heterocycles. The fourth-order valence-electron chi connectivity index (χ4n) is 2.08. The molecule has 2 unspecified atom stereocenters. The van der Waals surface area contributed by atoms with Crippen LogP contribution in [0.25, 0.3) is 0 Å². The third-order valence-electron chi connectivity index (χ3n) is 2.52. The van der Waals surface area contributed by atoms with Crippen LogP contribution < -0.4 is 5.32 Å². The molecule has 1 fully saturated rings. The first-order chi connectivity index (χ1) is 6.22. The lowest BCUT2D eigenvalue weighted by molar-refractivity contribution is 0.172. The summed E-state index contributed by atoms with van der Waals surface area (Å²) in [4.78, 5) is 2.55. The van der Waals surface area contributed by atoms with Crippen molar-refractivity contribution in [3.8, 4) is 0 Å². The smallest absolute Gasteiger partial charge is 0.0169 e. The first-order valence-electron chi connectivity index (χ1n) is 5.31. The van der Waals surface area contributed by atoms with Crippen LogP contribution in [-0.2, 0) is 0 Å². The van der Waals surface area contributed by atoms with Gasteiger partial charge in [-0.2, -0.15) is 0 Å². The van der Waals surface area contributed by atoms with E-state index in [1.807, 2.05) is 6.08 Å². The van der Waals surface area contributed by atoms with E-state index in [9.17, 15) is 0 Å². The van der Waals surface area contributed by atoms with Gasteiger partial charge < -0.3 is 10.2 Å². The van der Waals surface area contributed by atoms with Crippen molar-refractivity contribution in [1.29, 1.82) is 0 Å². The second-order valence-electron chi connectivity index (χ2n) is 4.16. The lowest BCUT2D eigenvalue weighted by Crippen LogP contribution is -2.54. The van der Waals surface area contributed by atoms with Gasteiger partial charge in [-0.3, -0.25) is 0 Å². The maximum absolute atomic E-state index is 3.74. The molecule has 1 N–H and O–H groups in total. The molecule has 2 heteroatoms. The van der Waals surface area contributed by atoms with Gasteiger partial charge in [-0.15, -0.1) is 6.58 Å². The molecule has 2 atom stereocenters. The topological polar surface area (TPSA) is 15.3 Å². The Morgan fingerprint density at radius 3 is 2.54 bits per heavy atom. The van der Waals surface area contributed by atoms with Crippen molar-refractivity contribution in [3.63, 3.8) is 0 Å². The minimum atomic E-state index is 0.646. The van der Waals surface area contributed by atoms with Crippen molar-refractivity contribution >= 4 is 0 Å². The minimum Gasteiger partial charge on any atom is -0.309 e. The van der Waals surface area contributed by atoms with Gasteiger partial charge in [-0.1, -0.05) is 6.08 Å². The Hall–Kier alpha value is -0.340. The Bertz CT molecular complexity index is 146. The van der Waals surface area contributed by atoms with E-state index < -0.39 is 0 Å². The normalized spacial score (nSPS) is 30.3. The van der Waals surface area contributed by atoms with Crippen LogP contribution >= 0.6 is 0 Å². The fraction of sp³-hybridized carbons (Fsp3) is 0.818. The molecule has 0 saturated carbocycles. The highest BCUT2D eigenvalue weighted by molar-refractivity contribution is 4.81. The lowest BCUT2D eigenvalue weighted by atomic mass is 10.1. The van der Waals surface area contributed by atoms with E-state index in [2.05, 4.69) is 30.6 Å². The highest BCUT2D eigenvalue weighted by Gasteiger charge is 2.19.